The monoisotopic (exact) mass is 122 g/mol. The zero-order valence-corrected chi connectivity index (χ0v) is 6.15. The summed E-state index contributed by atoms with van der Waals surface area (Å²) in [4.78, 5) is 3.21. The third-order valence-electron chi connectivity index (χ3n) is 1.28. The van der Waals surface area contributed by atoms with Gasteiger partial charge in [0.15, 0.2) is 11.4 Å². The average molecular weight is 122 g/mol. The first-order valence-corrected chi connectivity index (χ1v) is 3.15. The van der Waals surface area contributed by atoms with E-state index in [9.17, 15) is 0 Å². The largest absolute Gasteiger partial charge is 0.213 e. The first-order valence-electron chi connectivity index (χ1n) is 3.15. The van der Waals surface area contributed by atoms with Gasteiger partial charge in [0, 0.05) is 26.0 Å². The third kappa shape index (κ3) is 1.53. The van der Waals surface area contributed by atoms with E-state index in [4.69, 9.17) is 0 Å². The number of aromatic nitrogens is 1. The predicted molar refractivity (Wildman–Crippen MR) is 37.2 cm³/mol. The fourth-order valence-corrected chi connectivity index (χ4v) is 1.11. The third-order valence-corrected chi connectivity index (χ3v) is 1.28. The van der Waals surface area contributed by atoms with Crippen LogP contribution in [0.1, 0.15) is 17.0 Å². The van der Waals surface area contributed by atoms with Crippen molar-refractivity contribution in [2.75, 3.05) is 0 Å². The van der Waals surface area contributed by atoms with Crippen molar-refractivity contribution in [3.8, 4) is 0 Å². The van der Waals surface area contributed by atoms with Crippen molar-refractivity contribution in [2.24, 2.45) is 0 Å². The number of nitrogens with one attached hydrogen (secondary N) is 1. The molecule has 0 saturated carbocycles. The van der Waals surface area contributed by atoms with E-state index in [1.807, 2.05) is 0 Å². The highest BCUT2D eigenvalue weighted by Crippen LogP contribution is 1.97. The lowest BCUT2D eigenvalue weighted by molar-refractivity contribution is -0.396. The van der Waals surface area contributed by atoms with Crippen LogP contribution in [0.2, 0.25) is 0 Å². The number of aryl methyl sites for hydroxylation is 3. The van der Waals surface area contributed by atoms with Crippen LogP contribution >= 0.6 is 0 Å². The van der Waals surface area contributed by atoms with Crippen molar-refractivity contribution in [2.45, 2.75) is 20.8 Å². The Bertz CT molecular complexity index is 165. The van der Waals surface area contributed by atoms with Crippen LogP contribution in [-0.2, 0) is 0 Å². The average Bonchev–Trinajstić information content (AvgIpc) is 1.59. The zero-order chi connectivity index (χ0) is 6.85. The molecule has 48 valence electrons. The van der Waals surface area contributed by atoms with Crippen molar-refractivity contribution < 1.29 is 4.98 Å². The molecule has 0 fully saturated rings. The summed E-state index contributed by atoms with van der Waals surface area (Å²) >= 11 is 0. The van der Waals surface area contributed by atoms with Crippen LogP contribution in [0.15, 0.2) is 12.1 Å². The van der Waals surface area contributed by atoms with E-state index < -0.39 is 0 Å². The van der Waals surface area contributed by atoms with Crippen LogP contribution in [0.5, 0.6) is 0 Å². The van der Waals surface area contributed by atoms with Gasteiger partial charge >= 0.3 is 0 Å². The molecular formula is C8H12N+. The summed E-state index contributed by atoms with van der Waals surface area (Å²) < 4.78 is 0. The molecule has 0 atom stereocenters. The number of H-pyrrole nitrogens is 1. The summed E-state index contributed by atoms with van der Waals surface area (Å²) in [6, 6.07) is 4.26. The van der Waals surface area contributed by atoms with Crippen LogP contribution in [0, 0.1) is 20.8 Å². The molecule has 1 nitrogen and oxygen atoms in total. The highest BCUT2D eigenvalue weighted by Gasteiger charge is 1.95. The Labute approximate surface area is 55.7 Å². The van der Waals surface area contributed by atoms with E-state index in [1.54, 1.807) is 0 Å². The van der Waals surface area contributed by atoms with Gasteiger partial charge in [0.1, 0.15) is 0 Å². The van der Waals surface area contributed by atoms with Crippen molar-refractivity contribution in [1.82, 2.24) is 0 Å². The predicted octanol–water partition coefficient (Wildman–Crippen LogP) is 1.43. The second-order valence-electron chi connectivity index (χ2n) is 2.52. The molecule has 9 heavy (non-hydrogen) atoms. The first kappa shape index (κ1) is 6.27. The van der Waals surface area contributed by atoms with Gasteiger partial charge < -0.3 is 0 Å². The van der Waals surface area contributed by atoms with Crippen LogP contribution < -0.4 is 4.98 Å². The summed E-state index contributed by atoms with van der Waals surface area (Å²) in [6.07, 6.45) is 0. The van der Waals surface area contributed by atoms with Crippen LogP contribution in [0.4, 0.5) is 0 Å². The Morgan fingerprint density at radius 2 is 1.44 bits per heavy atom. The summed E-state index contributed by atoms with van der Waals surface area (Å²) in [5, 5.41) is 0. The smallest absolute Gasteiger partial charge is 0.176 e. The molecule has 1 heterocycles. The van der Waals surface area contributed by atoms with E-state index in [2.05, 4.69) is 37.9 Å². The molecule has 0 aliphatic heterocycles. The minimum absolute atomic E-state index is 1.23. The highest BCUT2D eigenvalue weighted by atomic mass is 14.7. The summed E-state index contributed by atoms with van der Waals surface area (Å²) in [5.41, 5.74) is 3.78. The van der Waals surface area contributed by atoms with Crippen LogP contribution in [0.3, 0.4) is 0 Å². The van der Waals surface area contributed by atoms with Crippen molar-refractivity contribution >= 4 is 0 Å². The number of pyridine rings is 1. The fraction of sp³-hybridized carbons (Fsp3) is 0.375. The lowest BCUT2D eigenvalue weighted by atomic mass is 10.2. The molecule has 1 heteroatoms. The van der Waals surface area contributed by atoms with E-state index in [0.717, 1.165) is 0 Å². The number of aromatic amines is 1. The maximum Gasteiger partial charge on any atom is 0.176 e. The Balaban J connectivity index is 3.17. The lowest BCUT2D eigenvalue weighted by Crippen LogP contribution is -2.11. The van der Waals surface area contributed by atoms with Gasteiger partial charge in [-0.25, -0.2) is 4.98 Å². The topological polar surface area (TPSA) is 14.1 Å². The Morgan fingerprint density at radius 1 is 1.00 bits per heavy atom. The van der Waals surface area contributed by atoms with Gasteiger partial charge in [-0.3, -0.25) is 0 Å². The molecule has 0 unspecified atom stereocenters. The second-order valence-corrected chi connectivity index (χ2v) is 2.52. The van der Waals surface area contributed by atoms with Gasteiger partial charge in [0.2, 0.25) is 0 Å². The summed E-state index contributed by atoms with van der Waals surface area (Å²) in [5.74, 6) is 0. The molecule has 0 aliphatic carbocycles. The molecule has 0 spiro atoms. The van der Waals surface area contributed by atoms with Crippen molar-refractivity contribution in [3.63, 3.8) is 0 Å². The van der Waals surface area contributed by atoms with Crippen LogP contribution in [0.25, 0.3) is 0 Å². The molecule has 0 bridgehead atoms. The van der Waals surface area contributed by atoms with E-state index >= 15 is 0 Å². The van der Waals surface area contributed by atoms with Crippen LogP contribution in [-0.4, -0.2) is 0 Å². The van der Waals surface area contributed by atoms with Gasteiger partial charge in [-0.2, -0.15) is 0 Å². The molecule has 0 radical (unpaired) electrons. The minimum atomic E-state index is 1.23. The molecule has 0 aliphatic rings. The minimum Gasteiger partial charge on any atom is -0.213 e. The van der Waals surface area contributed by atoms with Crippen molar-refractivity contribution in [3.05, 3.63) is 29.1 Å². The van der Waals surface area contributed by atoms with E-state index in [0.29, 0.717) is 0 Å². The number of hydrogen-bond donors (Lipinski definition) is 0. The molecule has 1 rings (SSSR count). The van der Waals surface area contributed by atoms with Gasteiger partial charge in [-0.1, -0.05) is 0 Å². The fourth-order valence-electron chi connectivity index (χ4n) is 1.11. The number of rotatable bonds is 0. The Morgan fingerprint density at radius 3 is 1.78 bits per heavy atom. The first-order chi connectivity index (χ1) is 4.18. The zero-order valence-electron chi connectivity index (χ0n) is 6.15. The molecule has 1 aromatic heterocycles. The highest BCUT2D eigenvalue weighted by molar-refractivity contribution is 5.12. The normalized spacial score (nSPS) is 9.67. The lowest BCUT2D eigenvalue weighted by Gasteiger charge is -1.89. The summed E-state index contributed by atoms with van der Waals surface area (Å²) in [7, 11) is 0. The molecule has 0 amide bonds. The van der Waals surface area contributed by atoms with Gasteiger partial charge in [-0.05, 0) is 12.5 Å². The molecule has 0 aromatic carbocycles. The Kier molecular flexibility index (Phi) is 1.52. The van der Waals surface area contributed by atoms with Gasteiger partial charge in [-0.15, -0.1) is 0 Å². The standard InChI is InChI=1S/C8H11N/c1-6-4-7(2)9-8(3)5-6/h4-5H,1-3H3/p+1. The van der Waals surface area contributed by atoms with Crippen molar-refractivity contribution in [1.29, 1.82) is 0 Å². The van der Waals surface area contributed by atoms with Gasteiger partial charge in [0.25, 0.3) is 0 Å². The van der Waals surface area contributed by atoms with E-state index in [-0.39, 0.29) is 0 Å². The SMILES string of the molecule is Cc1cc(C)[nH+]c(C)c1. The maximum absolute atomic E-state index is 3.21. The van der Waals surface area contributed by atoms with E-state index in [1.165, 1.54) is 17.0 Å². The maximum atomic E-state index is 3.21. The molecule has 1 aromatic rings. The quantitative estimate of drug-likeness (QED) is 0.494. The van der Waals surface area contributed by atoms with Gasteiger partial charge in [0.05, 0.1) is 0 Å². The molecular weight excluding hydrogens is 110 g/mol. The second kappa shape index (κ2) is 2.18. The molecule has 1 N–H and O–H groups in total. The molecule has 0 saturated heterocycles. The number of hydrogen-bond acceptors (Lipinski definition) is 0. The summed E-state index contributed by atoms with van der Waals surface area (Å²) in [6.45, 7) is 6.24. The Hall–Kier alpha value is -0.850.